The van der Waals surface area contributed by atoms with Gasteiger partial charge < -0.3 is 4.74 Å². The average Bonchev–Trinajstić information content (AvgIpc) is 2.49. The minimum atomic E-state index is -3.60. The van der Waals surface area contributed by atoms with E-state index in [0.717, 1.165) is 0 Å². The van der Waals surface area contributed by atoms with Crippen LogP contribution in [0.5, 0.6) is 5.75 Å². The SMILES string of the molecule is CN(CCOc1ccccc1F)S(=O)(=O)c1cccc(Br)c1. The molecule has 0 saturated heterocycles. The highest BCUT2D eigenvalue weighted by Gasteiger charge is 2.20. The molecule has 7 heteroatoms. The quantitative estimate of drug-likeness (QED) is 0.763. The van der Waals surface area contributed by atoms with Crippen LogP contribution in [0, 0.1) is 5.82 Å². The van der Waals surface area contributed by atoms with Crippen LogP contribution in [0.15, 0.2) is 57.9 Å². The molecule has 118 valence electrons. The van der Waals surface area contributed by atoms with Crippen molar-refractivity contribution >= 4 is 26.0 Å². The van der Waals surface area contributed by atoms with E-state index < -0.39 is 15.8 Å². The molecule has 4 nitrogen and oxygen atoms in total. The number of benzene rings is 2. The summed E-state index contributed by atoms with van der Waals surface area (Å²) in [7, 11) is -2.14. The number of halogens is 2. The Kier molecular flexibility index (Phi) is 5.55. The number of ether oxygens (including phenoxy) is 1. The normalized spacial score (nSPS) is 11.6. The van der Waals surface area contributed by atoms with Gasteiger partial charge in [-0.05, 0) is 30.3 Å². The van der Waals surface area contributed by atoms with E-state index in [1.165, 1.54) is 35.6 Å². The van der Waals surface area contributed by atoms with Gasteiger partial charge in [-0.1, -0.05) is 34.1 Å². The zero-order valence-electron chi connectivity index (χ0n) is 11.9. The summed E-state index contributed by atoms with van der Waals surface area (Å²) >= 11 is 3.25. The van der Waals surface area contributed by atoms with Crippen molar-refractivity contribution in [1.82, 2.24) is 4.31 Å². The first-order chi connectivity index (χ1) is 10.4. The molecule has 0 heterocycles. The van der Waals surface area contributed by atoms with Gasteiger partial charge in [0.25, 0.3) is 0 Å². The Bertz CT molecular complexity index is 752. The first-order valence-electron chi connectivity index (χ1n) is 6.50. The van der Waals surface area contributed by atoms with Gasteiger partial charge in [0.1, 0.15) is 6.61 Å². The maximum Gasteiger partial charge on any atom is 0.242 e. The van der Waals surface area contributed by atoms with Crippen LogP contribution < -0.4 is 4.74 Å². The van der Waals surface area contributed by atoms with Gasteiger partial charge in [0.15, 0.2) is 11.6 Å². The van der Waals surface area contributed by atoms with Gasteiger partial charge in [-0.25, -0.2) is 12.8 Å². The lowest BCUT2D eigenvalue weighted by molar-refractivity contribution is 0.275. The lowest BCUT2D eigenvalue weighted by Crippen LogP contribution is -2.31. The molecule has 0 unspecified atom stereocenters. The summed E-state index contributed by atoms with van der Waals surface area (Å²) in [6, 6.07) is 12.5. The number of likely N-dealkylation sites (N-methyl/N-ethyl adjacent to an activating group) is 1. The van der Waals surface area contributed by atoms with Crippen LogP contribution in [0.2, 0.25) is 0 Å². The molecule has 0 fully saturated rings. The van der Waals surface area contributed by atoms with Crippen LogP contribution >= 0.6 is 15.9 Å². The Morgan fingerprint density at radius 3 is 2.59 bits per heavy atom. The number of sulfonamides is 1. The van der Waals surface area contributed by atoms with Crippen molar-refractivity contribution < 1.29 is 17.5 Å². The highest BCUT2D eigenvalue weighted by Crippen LogP contribution is 2.19. The summed E-state index contributed by atoms with van der Waals surface area (Å²) in [5.41, 5.74) is 0. The molecule has 0 spiro atoms. The van der Waals surface area contributed by atoms with Crippen LogP contribution in [-0.2, 0) is 10.0 Å². The first-order valence-corrected chi connectivity index (χ1v) is 8.74. The number of para-hydroxylation sites is 1. The van der Waals surface area contributed by atoms with Gasteiger partial charge in [0, 0.05) is 18.1 Å². The standard InChI is InChI=1S/C15H15BrFNO3S/c1-18(9-10-21-15-8-3-2-7-14(15)17)22(19,20)13-6-4-5-12(16)11-13/h2-8,11H,9-10H2,1H3. The molecule has 0 aliphatic carbocycles. The molecule has 0 atom stereocenters. The van der Waals surface area contributed by atoms with Crippen LogP contribution in [0.4, 0.5) is 4.39 Å². The molecule has 22 heavy (non-hydrogen) atoms. The number of rotatable bonds is 6. The fraction of sp³-hybridized carbons (Fsp3) is 0.200. The molecule has 0 bridgehead atoms. The average molecular weight is 388 g/mol. The van der Waals surface area contributed by atoms with Gasteiger partial charge in [-0.15, -0.1) is 0 Å². The second-order valence-electron chi connectivity index (χ2n) is 4.56. The molecule has 0 saturated carbocycles. The van der Waals surface area contributed by atoms with Crippen molar-refractivity contribution in [3.05, 3.63) is 58.8 Å². The maximum atomic E-state index is 13.4. The summed E-state index contributed by atoms with van der Waals surface area (Å²) in [4.78, 5) is 0.190. The van der Waals surface area contributed by atoms with E-state index in [1.807, 2.05) is 0 Å². The van der Waals surface area contributed by atoms with Crippen LogP contribution in [0.1, 0.15) is 0 Å². The molecule has 0 aromatic heterocycles. The van der Waals surface area contributed by atoms with Crippen molar-refractivity contribution in [1.29, 1.82) is 0 Å². The molecule has 2 rings (SSSR count). The van der Waals surface area contributed by atoms with Gasteiger partial charge in [0.2, 0.25) is 10.0 Å². The zero-order chi connectivity index (χ0) is 16.2. The predicted octanol–water partition coefficient (Wildman–Crippen LogP) is 3.29. The van der Waals surface area contributed by atoms with Gasteiger partial charge >= 0.3 is 0 Å². The summed E-state index contributed by atoms with van der Waals surface area (Å²) in [5, 5.41) is 0. The third-order valence-electron chi connectivity index (χ3n) is 3.00. The second-order valence-corrected chi connectivity index (χ2v) is 7.52. The largest absolute Gasteiger partial charge is 0.489 e. The van der Waals surface area contributed by atoms with Crippen LogP contribution in [-0.4, -0.2) is 32.9 Å². The topological polar surface area (TPSA) is 46.6 Å². The Labute approximate surface area is 137 Å². The van der Waals surface area contributed by atoms with Gasteiger partial charge in [0.05, 0.1) is 4.90 Å². The molecular formula is C15H15BrFNO3S. The molecule has 0 amide bonds. The maximum absolute atomic E-state index is 13.4. The molecule has 2 aromatic carbocycles. The Morgan fingerprint density at radius 2 is 1.91 bits per heavy atom. The minimum absolute atomic E-state index is 0.0602. The highest BCUT2D eigenvalue weighted by atomic mass is 79.9. The smallest absolute Gasteiger partial charge is 0.242 e. The Hall–Kier alpha value is -1.44. The van der Waals surface area contributed by atoms with E-state index >= 15 is 0 Å². The van der Waals surface area contributed by atoms with Crippen molar-refractivity contribution in [2.45, 2.75) is 4.90 Å². The monoisotopic (exact) mass is 387 g/mol. The third kappa shape index (κ3) is 4.06. The highest BCUT2D eigenvalue weighted by molar-refractivity contribution is 9.10. The summed E-state index contributed by atoms with van der Waals surface area (Å²) < 4.78 is 45.3. The van der Waals surface area contributed by atoms with Crippen molar-refractivity contribution in [2.24, 2.45) is 0 Å². The molecule has 0 aliphatic heterocycles. The van der Waals surface area contributed by atoms with E-state index in [1.54, 1.807) is 24.3 Å². The van der Waals surface area contributed by atoms with Crippen molar-refractivity contribution in [3.63, 3.8) is 0 Å². The second kappa shape index (κ2) is 7.21. The molecule has 2 aromatic rings. The summed E-state index contributed by atoms with van der Waals surface area (Å²) in [6.45, 7) is 0.174. The molecule has 0 radical (unpaired) electrons. The molecule has 0 aliphatic rings. The van der Waals surface area contributed by atoms with Gasteiger partial charge in [-0.3, -0.25) is 0 Å². The third-order valence-corrected chi connectivity index (χ3v) is 5.35. The van der Waals surface area contributed by atoms with Crippen molar-refractivity contribution in [2.75, 3.05) is 20.2 Å². The summed E-state index contributed by atoms with van der Waals surface area (Å²) in [5.74, 6) is -0.365. The van der Waals surface area contributed by atoms with Crippen LogP contribution in [0.25, 0.3) is 0 Å². The van der Waals surface area contributed by atoms with E-state index in [9.17, 15) is 12.8 Å². The van der Waals surface area contributed by atoms with E-state index in [0.29, 0.717) is 4.47 Å². The lowest BCUT2D eigenvalue weighted by atomic mass is 10.3. The van der Waals surface area contributed by atoms with E-state index in [2.05, 4.69) is 15.9 Å². The molecule has 0 N–H and O–H groups in total. The predicted molar refractivity (Wildman–Crippen MR) is 85.9 cm³/mol. The van der Waals surface area contributed by atoms with Crippen molar-refractivity contribution in [3.8, 4) is 5.75 Å². The molecular weight excluding hydrogens is 373 g/mol. The fourth-order valence-corrected chi connectivity index (χ4v) is 3.53. The summed E-state index contributed by atoms with van der Waals surface area (Å²) in [6.07, 6.45) is 0. The lowest BCUT2D eigenvalue weighted by Gasteiger charge is -2.17. The van der Waals surface area contributed by atoms with E-state index in [-0.39, 0.29) is 23.8 Å². The minimum Gasteiger partial charge on any atom is -0.489 e. The Balaban J connectivity index is 2.00. The fourth-order valence-electron chi connectivity index (χ4n) is 1.77. The number of nitrogens with zero attached hydrogens (tertiary/aromatic N) is 1. The zero-order valence-corrected chi connectivity index (χ0v) is 14.3. The van der Waals surface area contributed by atoms with E-state index in [4.69, 9.17) is 4.74 Å². The Morgan fingerprint density at radius 1 is 1.18 bits per heavy atom. The van der Waals surface area contributed by atoms with Gasteiger partial charge in [-0.2, -0.15) is 4.31 Å². The van der Waals surface area contributed by atoms with Crippen LogP contribution in [0.3, 0.4) is 0 Å². The first kappa shape index (κ1) is 16.9. The number of hydrogen-bond donors (Lipinski definition) is 0. The number of hydrogen-bond acceptors (Lipinski definition) is 3.